The first-order valence-corrected chi connectivity index (χ1v) is 50.1. The molecular weight excluding hydrogens is 1680 g/mol. The average Bonchev–Trinajstić information content (AvgIpc) is 1.68. The van der Waals surface area contributed by atoms with Crippen molar-refractivity contribution in [2.45, 2.75) is 382 Å². The van der Waals surface area contributed by atoms with E-state index < -0.39 is 29.4 Å². The number of nitrogens with zero attached hydrogens (tertiary/aromatic N) is 6. The van der Waals surface area contributed by atoms with E-state index in [4.69, 9.17) is 56.8 Å². The Morgan fingerprint density at radius 3 is 1.15 bits per heavy atom. The van der Waals surface area contributed by atoms with E-state index in [1.54, 1.807) is 18.7 Å². The smallest absolute Gasteiger partial charge is 0.233 e. The molecule has 0 N–H and O–H groups in total. The van der Waals surface area contributed by atoms with Crippen molar-refractivity contribution in [1.29, 1.82) is 0 Å². The lowest BCUT2D eigenvalue weighted by Gasteiger charge is -2.43. The Balaban J connectivity index is 0.000000134. The molecule has 0 aromatic heterocycles. The van der Waals surface area contributed by atoms with Gasteiger partial charge in [-0.15, -0.1) is 0 Å². The molecule has 24 atom stereocenters. The molecule has 732 valence electrons. The normalized spacial score (nSPS) is 39.2. The molecule has 5 aliphatic carbocycles. The number of carbonyl (C=O) groups is 12. The molecule has 18 rings (SSSR count). The largest absolute Gasteiger partial charge is 0.349 e. The Hall–Kier alpha value is -6.42. The topological polar surface area (TPSA) is 335 Å². The Morgan fingerprint density at radius 2 is 0.718 bits per heavy atom. The van der Waals surface area contributed by atoms with Crippen LogP contribution in [0.1, 0.15) is 304 Å². The van der Waals surface area contributed by atoms with Crippen LogP contribution in [0, 0.1) is 88.3 Å². The molecule has 12 heterocycles. The molecular formula is C101H154N6O24. The van der Waals surface area contributed by atoms with E-state index in [0.717, 1.165) is 147 Å². The van der Waals surface area contributed by atoms with Crippen LogP contribution >= 0.6 is 0 Å². The van der Waals surface area contributed by atoms with Crippen LogP contribution in [0.25, 0.3) is 0 Å². The van der Waals surface area contributed by atoms with Crippen molar-refractivity contribution in [2.24, 2.45) is 88.3 Å². The maximum absolute atomic E-state index is 12.6. The maximum atomic E-state index is 12.6. The standard InChI is InChI=1S/C22H35NO4.C17H27NO4.C16H25NO4.C16H19NO4.C15H23NO4.C15H25NO4/c1-13-14(2)20(25)23(19(13)24)16-6-7-17-18(12-16)27-22(26-17)10-8-15(9-11-22)21(3,4)5;1-5-8-17(4)21-13-7-6-12(9-14(13)22-17)18-15(19)10(2)11(3)16(18)20;1-11-12(2)15(19)17(14(11)18)8-13-9-20-16(21-10-13)6-4-3-5-7-16;1-10-11(2)15(19)17(14(10)18)8-13-9-20-16(21-13)12-6-4-3-5-7-12;1-10-11(2)14(18)16(13(10)17)8-12-9-19-15(20-12)6-4-3-5-7-15;1-5-6-7-15(4)19-9-12(20-15)8-16-13(17)10(2)11(3)14(16)18/h13-18H,6-12H2,1-5H3;10-14H,5-9H2,1-4H3;11-13H,3-10H2,1-2H3;3-7,10-11,13,16H,8-9H2,1-2H3;10-12H,3-9H2,1-2H3;10-12H,5-9H2,1-4H3. The molecule has 1 aromatic rings. The van der Waals surface area contributed by atoms with E-state index in [1.165, 1.54) is 37.3 Å². The number of rotatable bonds is 16. The zero-order valence-corrected chi connectivity index (χ0v) is 81.8. The van der Waals surface area contributed by atoms with Crippen molar-refractivity contribution in [2.75, 3.05) is 59.2 Å². The average molecular weight is 1840 g/mol. The van der Waals surface area contributed by atoms with Crippen LogP contribution in [0.4, 0.5) is 0 Å². The van der Waals surface area contributed by atoms with Gasteiger partial charge >= 0.3 is 0 Å². The van der Waals surface area contributed by atoms with E-state index in [1.807, 2.05) is 113 Å². The summed E-state index contributed by atoms with van der Waals surface area (Å²) < 4.78 is 72.1. The molecule has 3 spiro atoms. The molecule has 5 saturated carbocycles. The first kappa shape index (κ1) is 102. The van der Waals surface area contributed by atoms with E-state index in [9.17, 15) is 57.5 Å². The van der Waals surface area contributed by atoms with Crippen LogP contribution in [0.5, 0.6) is 0 Å². The van der Waals surface area contributed by atoms with Gasteiger partial charge in [0, 0.05) is 152 Å². The number of unbranched alkanes of at least 4 members (excludes halogenated alkanes) is 1. The van der Waals surface area contributed by atoms with Crippen LogP contribution in [-0.2, 0) is 114 Å². The highest BCUT2D eigenvalue weighted by atomic mass is 16.8. The predicted molar refractivity (Wildman–Crippen MR) is 479 cm³/mol. The van der Waals surface area contributed by atoms with Gasteiger partial charge < -0.3 is 56.8 Å². The quantitative estimate of drug-likeness (QED) is 0.139. The zero-order chi connectivity index (χ0) is 94.9. The van der Waals surface area contributed by atoms with Crippen LogP contribution < -0.4 is 0 Å². The third-order valence-electron chi connectivity index (χ3n) is 32.3. The molecule has 1 aromatic carbocycles. The summed E-state index contributed by atoms with van der Waals surface area (Å²) in [4.78, 5) is 155. The van der Waals surface area contributed by atoms with Crippen molar-refractivity contribution in [3.63, 3.8) is 0 Å². The first-order chi connectivity index (χ1) is 62.0. The SMILES string of the molecule is CC1C(=O)N(C2CCC3OC4(CCC(C(C)(C)C)CC4)OC3C2)C(=O)C1C.CC1C(=O)N(CC2COC(c3ccccc3)O2)C(=O)C1C.CC1C(=O)N(CC2COC3(CCCCC3)O2)C(=O)C1C.CC1C(=O)N(CC2COC3(CCCCC3)OC2)C(=O)C1C.CCCC1(C)OC2CCC(N3C(=O)C(C)C(C)C3=O)CC2O1.CCCCC1(C)OCC(CN2C(=O)C(C)C(C)C2=O)O1. The summed E-state index contributed by atoms with van der Waals surface area (Å²) in [6.07, 6.45) is 23.9. The van der Waals surface area contributed by atoms with Gasteiger partial charge in [-0.2, -0.15) is 0 Å². The summed E-state index contributed by atoms with van der Waals surface area (Å²) in [7, 11) is 0. The zero-order valence-electron chi connectivity index (χ0n) is 81.8. The molecule has 131 heavy (non-hydrogen) atoms. The first-order valence-electron chi connectivity index (χ1n) is 50.1. The number of hydrogen-bond acceptors (Lipinski definition) is 24. The molecule has 17 fully saturated rings. The van der Waals surface area contributed by atoms with Gasteiger partial charge in [-0.25, -0.2) is 0 Å². The van der Waals surface area contributed by atoms with E-state index in [2.05, 4.69) is 34.6 Å². The van der Waals surface area contributed by atoms with Crippen molar-refractivity contribution in [3.8, 4) is 0 Å². The highest BCUT2D eigenvalue weighted by molar-refractivity contribution is 6.08. The van der Waals surface area contributed by atoms with Crippen molar-refractivity contribution in [3.05, 3.63) is 35.9 Å². The minimum atomic E-state index is -0.566. The van der Waals surface area contributed by atoms with Crippen LogP contribution in [0.15, 0.2) is 30.3 Å². The van der Waals surface area contributed by atoms with E-state index >= 15 is 0 Å². The molecule has 0 radical (unpaired) electrons. The number of carbonyl (C=O) groups excluding carboxylic acids is 12. The van der Waals surface area contributed by atoms with Gasteiger partial charge in [-0.3, -0.25) is 86.9 Å². The van der Waals surface area contributed by atoms with Crippen molar-refractivity contribution >= 4 is 70.9 Å². The summed E-state index contributed by atoms with van der Waals surface area (Å²) in [6, 6.07) is 9.59. The molecule has 30 nitrogen and oxygen atoms in total. The molecule has 12 saturated heterocycles. The van der Waals surface area contributed by atoms with Gasteiger partial charge in [0.25, 0.3) is 0 Å². The number of ether oxygens (including phenoxy) is 12. The Bertz CT molecular complexity index is 4100. The number of imide groups is 6. The fourth-order valence-corrected chi connectivity index (χ4v) is 22.4. The van der Waals surface area contributed by atoms with Gasteiger partial charge in [0.1, 0.15) is 18.3 Å². The van der Waals surface area contributed by atoms with E-state index in [-0.39, 0.29) is 215 Å². The number of hydrogen-bond donors (Lipinski definition) is 0. The summed E-state index contributed by atoms with van der Waals surface area (Å²) in [5.74, 6) is -4.76. The number of benzene rings is 1. The fourth-order valence-electron chi connectivity index (χ4n) is 22.4. The van der Waals surface area contributed by atoms with E-state index in [0.29, 0.717) is 70.4 Å². The summed E-state index contributed by atoms with van der Waals surface area (Å²) in [5, 5.41) is 0. The molecule has 0 bridgehead atoms. The number of fused-ring (bicyclic) bond motifs is 2. The highest BCUT2D eigenvalue weighted by Gasteiger charge is 2.58. The Morgan fingerprint density at radius 1 is 0.344 bits per heavy atom. The fraction of sp³-hybridized carbons (Fsp3) is 0.822. The lowest BCUT2D eigenvalue weighted by molar-refractivity contribution is -0.295. The van der Waals surface area contributed by atoms with Gasteiger partial charge in [0.15, 0.2) is 35.2 Å². The van der Waals surface area contributed by atoms with Gasteiger partial charge in [0.05, 0.1) is 77.1 Å². The van der Waals surface area contributed by atoms with Crippen molar-refractivity contribution in [1.82, 2.24) is 29.4 Å². The Kier molecular flexibility index (Phi) is 32.9. The van der Waals surface area contributed by atoms with Crippen LogP contribution in [0.3, 0.4) is 0 Å². The molecule has 24 unspecified atom stereocenters. The third-order valence-corrected chi connectivity index (χ3v) is 32.3. The van der Waals surface area contributed by atoms with Gasteiger partial charge in [0.2, 0.25) is 70.9 Å². The molecule has 17 aliphatic rings. The molecule has 12 aliphatic heterocycles. The van der Waals surface area contributed by atoms with Crippen molar-refractivity contribution < 1.29 is 114 Å². The lowest BCUT2D eigenvalue weighted by atomic mass is 9.71. The summed E-state index contributed by atoms with van der Waals surface area (Å²) in [6.45, 7) is 40.9. The summed E-state index contributed by atoms with van der Waals surface area (Å²) >= 11 is 0. The second-order valence-electron chi connectivity index (χ2n) is 42.8. The Labute approximate surface area is 776 Å². The maximum Gasteiger partial charge on any atom is 0.233 e. The van der Waals surface area contributed by atoms with Gasteiger partial charge in [-0.1, -0.05) is 174 Å². The lowest BCUT2D eigenvalue weighted by Crippen LogP contribution is -2.48. The highest BCUT2D eigenvalue weighted by Crippen LogP contribution is 2.52. The van der Waals surface area contributed by atoms with Crippen LogP contribution in [-0.4, -0.2) is 243 Å². The predicted octanol–water partition coefficient (Wildman–Crippen LogP) is 13.7. The second kappa shape index (κ2) is 42.3. The minimum Gasteiger partial charge on any atom is -0.349 e. The molecule has 12 amide bonds. The molecule has 30 heteroatoms. The minimum absolute atomic E-state index is 0.00196. The second-order valence-corrected chi connectivity index (χ2v) is 42.8. The van der Waals surface area contributed by atoms with Gasteiger partial charge in [-0.05, 0) is 109 Å². The number of amides is 12. The summed E-state index contributed by atoms with van der Waals surface area (Å²) in [5.41, 5.74) is 1.28. The van der Waals surface area contributed by atoms with Crippen LogP contribution in [0.2, 0.25) is 0 Å². The third kappa shape index (κ3) is 22.4. The monoisotopic (exact) mass is 1840 g/mol. The number of likely N-dealkylation sites (tertiary alicyclic amines) is 6.